The Labute approximate surface area is 142 Å². The van der Waals surface area contributed by atoms with Crippen LogP contribution in [0.1, 0.15) is 42.0 Å². The van der Waals surface area contributed by atoms with E-state index >= 15 is 0 Å². The molecule has 0 aromatic heterocycles. The van der Waals surface area contributed by atoms with Crippen molar-refractivity contribution in [2.75, 3.05) is 19.7 Å². The molecule has 1 spiro atoms. The van der Waals surface area contributed by atoms with Crippen LogP contribution in [-0.2, 0) is 14.4 Å². The van der Waals surface area contributed by atoms with E-state index in [0.29, 0.717) is 38.1 Å². The number of aryl methyl sites for hydroxylation is 3. The number of piperidine rings is 1. The summed E-state index contributed by atoms with van der Waals surface area (Å²) in [6.07, 6.45) is 1.08. The summed E-state index contributed by atoms with van der Waals surface area (Å²) in [6, 6.07) is 4.05. The van der Waals surface area contributed by atoms with Crippen molar-refractivity contribution in [3.8, 4) is 0 Å². The van der Waals surface area contributed by atoms with Crippen LogP contribution < -0.4 is 0 Å². The third kappa shape index (κ3) is 2.72. The summed E-state index contributed by atoms with van der Waals surface area (Å²) in [6.45, 7) is 9.77. The predicted octanol–water partition coefficient (Wildman–Crippen LogP) is 3.22. The maximum absolute atomic E-state index is 12.6. The average Bonchev–Trinajstić information content (AvgIpc) is 2.74. The summed E-state index contributed by atoms with van der Waals surface area (Å²) in [5.41, 5.74) is 3.33. The second-order valence-corrected chi connectivity index (χ2v) is 6.73. The molecule has 0 aliphatic carbocycles. The Hall–Kier alpha value is -1.85. The molecule has 1 fully saturated rings. The highest BCUT2D eigenvalue weighted by atomic mass is 16.7. The van der Waals surface area contributed by atoms with Gasteiger partial charge in [-0.3, -0.25) is 4.84 Å². The number of aliphatic hydroxyl groups is 1. The summed E-state index contributed by atoms with van der Waals surface area (Å²) in [4.78, 5) is 18.1. The van der Waals surface area contributed by atoms with Crippen molar-refractivity contribution in [3.05, 3.63) is 40.1 Å². The Morgan fingerprint density at radius 3 is 2.33 bits per heavy atom. The third-order valence-electron chi connectivity index (χ3n) is 4.93. The Kier molecular flexibility index (Phi) is 4.40. The van der Waals surface area contributed by atoms with E-state index in [1.54, 1.807) is 0 Å². The number of hydrogen-bond donors (Lipinski definition) is 1. The van der Waals surface area contributed by atoms with E-state index in [-0.39, 0.29) is 5.76 Å². The number of esters is 1. The van der Waals surface area contributed by atoms with Crippen molar-refractivity contribution in [2.45, 2.75) is 46.1 Å². The molecule has 1 saturated heterocycles. The van der Waals surface area contributed by atoms with Gasteiger partial charge in [-0.25, -0.2) is 4.79 Å². The number of carbonyl (C=O) groups excluding carboxylic acids is 1. The standard InChI is InChI=1S/C19H25NO4/c1-5-23-20-8-6-19(7-9-20)17(21)16(18(22)24-19)15-13(3)10-12(2)11-14(15)4/h10-11,21H,5-9H2,1-4H3. The van der Waals surface area contributed by atoms with Gasteiger partial charge in [-0.15, -0.1) is 0 Å². The molecule has 5 heteroatoms. The van der Waals surface area contributed by atoms with Crippen LogP contribution in [0.5, 0.6) is 0 Å². The Balaban J connectivity index is 1.98. The van der Waals surface area contributed by atoms with Gasteiger partial charge in [-0.2, -0.15) is 5.06 Å². The number of nitrogens with zero attached hydrogens (tertiary/aromatic N) is 1. The lowest BCUT2D eigenvalue weighted by Crippen LogP contribution is -2.45. The predicted molar refractivity (Wildman–Crippen MR) is 91.5 cm³/mol. The van der Waals surface area contributed by atoms with Crippen LogP contribution in [0.25, 0.3) is 5.57 Å². The van der Waals surface area contributed by atoms with Crippen LogP contribution >= 0.6 is 0 Å². The van der Waals surface area contributed by atoms with Crippen LogP contribution in [0.2, 0.25) is 0 Å². The molecule has 2 aliphatic heterocycles. The van der Waals surface area contributed by atoms with E-state index < -0.39 is 11.6 Å². The van der Waals surface area contributed by atoms with Gasteiger partial charge in [0.2, 0.25) is 0 Å². The Morgan fingerprint density at radius 2 is 1.79 bits per heavy atom. The molecule has 2 aliphatic rings. The quantitative estimate of drug-likeness (QED) is 0.862. The van der Waals surface area contributed by atoms with E-state index in [2.05, 4.69) is 0 Å². The lowest BCUT2D eigenvalue weighted by atomic mass is 9.86. The minimum Gasteiger partial charge on any atom is -0.507 e. The zero-order chi connectivity index (χ0) is 17.5. The summed E-state index contributed by atoms with van der Waals surface area (Å²) >= 11 is 0. The number of carbonyl (C=O) groups is 1. The SMILES string of the molecule is CCON1CCC2(CC1)OC(=O)C(c1c(C)cc(C)cc1C)=C2O. The normalized spacial score (nSPS) is 20.8. The lowest BCUT2D eigenvalue weighted by molar-refractivity contribution is -0.195. The first-order chi connectivity index (χ1) is 11.4. The molecule has 1 aromatic carbocycles. The van der Waals surface area contributed by atoms with E-state index in [0.717, 1.165) is 22.3 Å². The number of benzene rings is 1. The molecule has 5 nitrogen and oxygen atoms in total. The molecular weight excluding hydrogens is 306 g/mol. The molecule has 24 heavy (non-hydrogen) atoms. The van der Waals surface area contributed by atoms with Crippen molar-refractivity contribution < 1.29 is 19.5 Å². The van der Waals surface area contributed by atoms with Crippen LogP contribution in [0.15, 0.2) is 17.9 Å². The number of hydrogen-bond acceptors (Lipinski definition) is 5. The fourth-order valence-electron chi connectivity index (χ4n) is 3.89. The maximum Gasteiger partial charge on any atom is 0.343 e. The number of ether oxygens (including phenoxy) is 1. The van der Waals surface area contributed by atoms with Gasteiger partial charge in [0.25, 0.3) is 0 Å². The molecule has 1 N–H and O–H groups in total. The summed E-state index contributed by atoms with van der Waals surface area (Å²) < 4.78 is 5.69. The molecule has 0 bridgehead atoms. The van der Waals surface area contributed by atoms with E-state index in [9.17, 15) is 9.90 Å². The third-order valence-corrected chi connectivity index (χ3v) is 4.93. The highest BCUT2D eigenvalue weighted by Crippen LogP contribution is 2.44. The highest BCUT2D eigenvalue weighted by molar-refractivity contribution is 6.20. The van der Waals surface area contributed by atoms with Crippen molar-refractivity contribution in [3.63, 3.8) is 0 Å². The molecule has 3 rings (SSSR count). The Morgan fingerprint density at radius 1 is 1.21 bits per heavy atom. The molecular formula is C19H25NO4. The molecule has 2 heterocycles. The van der Waals surface area contributed by atoms with Crippen LogP contribution in [0, 0.1) is 20.8 Å². The number of hydroxylamine groups is 2. The Bertz CT molecular complexity index is 676. The monoisotopic (exact) mass is 331 g/mol. The largest absolute Gasteiger partial charge is 0.507 e. The lowest BCUT2D eigenvalue weighted by Gasteiger charge is -2.37. The number of rotatable bonds is 3. The van der Waals surface area contributed by atoms with Crippen molar-refractivity contribution in [2.24, 2.45) is 0 Å². The maximum atomic E-state index is 12.6. The topological polar surface area (TPSA) is 59.0 Å². The van der Waals surface area contributed by atoms with Crippen molar-refractivity contribution >= 4 is 11.5 Å². The average molecular weight is 331 g/mol. The molecule has 0 saturated carbocycles. The van der Waals surface area contributed by atoms with E-state index in [4.69, 9.17) is 9.57 Å². The van der Waals surface area contributed by atoms with Crippen LogP contribution in [0.3, 0.4) is 0 Å². The van der Waals surface area contributed by atoms with Gasteiger partial charge < -0.3 is 9.84 Å². The van der Waals surface area contributed by atoms with Crippen LogP contribution in [-0.4, -0.2) is 41.4 Å². The van der Waals surface area contributed by atoms with Gasteiger partial charge in [0.15, 0.2) is 11.4 Å². The second kappa shape index (κ2) is 6.22. The molecule has 1 aromatic rings. The summed E-state index contributed by atoms with van der Waals surface area (Å²) in [7, 11) is 0. The highest BCUT2D eigenvalue weighted by Gasteiger charge is 2.50. The zero-order valence-electron chi connectivity index (χ0n) is 14.8. The molecule has 130 valence electrons. The fourth-order valence-corrected chi connectivity index (χ4v) is 3.89. The van der Waals surface area contributed by atoms with Crippen LogP contribution in [0.4, 0.5) is 0 Å². The molecule has 0 amide bonds. The zero-order valence-corrected chi connectivity index (χ0v) is 14.8. The van der Waals surface area contributed by atoms with Gasteiger partial charge >= 0.3 is 5.97 Å². The van der Waals surface area contributed by atoms with Gasteiger partial charge in [0.05, 0.1) is 6.61 Å². The molecule has 0 unspecified atom stereocenters. The van der Waals surface area contributed by atoms with Crippen molar-refractivity contribution in [1.29, 1.82) is 0 Å². The van der Waals surface area contributed by atoms with E-state index in [1.807, 2.05) is 44.9 Å². The van der Waals surface area contributed by atoms with Gasteiger partial charge in [0, 0.05) is 25.9 Å². The minimum absolute atomic E-state index is 0.0821. The summed E-state index contributed by atoms with van der Waals surface area (Å²) in [5, 5.41) is 12.8. The van der Waals surface area contributed by atoms with E-state index in [1.165, 1.54) is 0 Å². The summed E-state index contributed by atoms with van der Waals surface area (Å²) in [5.74, 6) is -0.342. The first-order valence-corrected chi connectivity index (χ1v) is 8.51. The first-order valence-electron chi connectivity index (χ1n) is 8.51. The van der Waals surface area contributed by atoms with Gasteiger partial charge in [-0.1, -0.05) is 17.7 Å². The second-order valence-electron chi connectivity index (χ2n) is 6.73. The van der Waals surface area contributed by atoms with Gasteiger partial charge in [0.1, 0.15) is 5.57 Å². The number of aliphatic hydroxyl groups excluding tert-OH is 1. The first kappa shape index (κ1) is 17.0. The fraction of sp³-hybridized carbons (Fsp3) is 0.526. The smallest absolute Gasteiger partial charge is 0.343 e. The minimum atomic E-state index is -0.899. The van der Waals surface area contributed by atoms with Crippen molar-refractivity contribution in [1.82, 2.24) is 5.06 Å². The molecule has 0 atom stereocenters. The molecule has 0 radical (unpaired) electrons. The van der Waals surface area contributed by atoms with Gasteiger partial charge in [-0.05, 0) is 44.4 Å².